The summed E-state index contributed by atoms with van der Waals surface area (Å²) in [5.74, 6) is -0.920. The molecule has 2 rings (SSSR count). The number of carboxylic acids is 1. The number of hydrogen-bond acceptors (Lipinski definition) is 2. The van der Waals surface area contributed by atoms with Gasteiger partial charge in [-0.3, -0.25) is 0 Å². The molecular weight excluding hydrogens is 223 g/mol. The highest BCUT2D eigenvalue weighted by molar-refractivity contribution is 5.93. The number of benzene rings is 1. The van der Waals surface area contributed by atoms with Gasteiger partial charge in [-0.15, -0.1) is 0 Å². The molecule has 0 aliphatic rings. The summed E-state index contributed by atoms with van der Waals surface area (Å²) in [7, 11) is 1.62. The lowest BCUT2D eigenvalue weighted by atomic mass is 10.1. The standard InChI is InChI=1S/C12H11FN2O2/c1-7-14-10(11(12(16)17)15(7)2)8-4-3-5-9(13)6-8/h3-6H,1-2H3,(H,16,17). The van der Waals surface area contributed by atoms with Crippen LogP contribution in [0.3, 0.4) is 0 Å². The number of hydrogen-bond donors (Lipinski definition) is 1. The summed E-state index contributed by atoms with van der Waals surface area (Å²) < 4.78 is 14.6. The van der Waals surface area contributed by atoms with E-state index in [9.17, 15) is 9.18 Å². The second kappa shape index (κ2) is 4.01. The molecular formula is C12H11FN2O2. The molecule has 88 valence electrons. The van der Waals surface area contributed by atoms with Crippen LogP contribution in [0.1, 0.15) is 16.3 Å². The molecule has 0 aliphatic carbocycles. The number of aryl methyl sites for hydroxylation is 1. The maximum Gasteiger partial charge on any atom is 0.354 e. The zero-order chi connectivity index (χ0) is 12.6. The number of rotatable bonds is 2. The molecule has 0 fully saturated rings. The molecule has 0 unspecified atom stereocenters. The molecule has 0 atom stereocenters. The normalized spacial score (nSPS) is 10.5. The van der Waals surface area contributed by atoms with Gasteiger partial charge >= 0.3 is 5.97 Å². The van der Waals surface area contributed by atoms with Gasteiger partial charge < -0.3 is 9.67 Å². The lowest BCUT2D eigenvalue weighted by molar-refractivity contribution is 0.0687. The number of nitrogens with zero attached hydrogens (tertiary/aromatic N) is 2. The first kappa shape index (κ1) is 11.3. The van der Waals surface area contributed by atoms with Crippen molar-refractivity contribution in [2.24, 2.45) is 7.05 Å². The number of carbonyl (C=O) groups is 1. The molecule has 1 aromatic carbocycles. The molecule has 1 heterocycles. The van der Waals surface area contributed by atoms with Crippen molar-refractivity contribution < 1.29 is 14.3 Å². The van der Waals surface area contributed by atoms with Crippen molar-refractivity contribution in [3.05, 3.63) is 41.6 Å². The second-order valence-electron chi connectivity index (χ2n) is 3.73. The van der Waals surface area contributed by atoms with Gasteiger partial charge in [0.05, 0.1) is 0 Å². The van der Waals surface area contributed by atoms with Crippen molar-refractivity contribution in [1.82, 2.24) is 9.55 Å². The summed E-state index contributed by atoms with van der Waals surface area (Å²) in [6.45, 7) is 1.70. The fourth-order valence-electron chi connectivity index (χ4n) is 1.69. The van der Waals surface area contributed by atoms with Crippen LogP contribution in [0, 0.1) is 12.7 Å². The predicted octanol–water partition coefficient (Wildman–Crippen LogP) is 2.23. The summed E-state index contributed by atoms with van der Waals surface area (Å²) in [5, 5.41) is 9.14. The molecule has 1 N–H and O–H groups in total. The Hall–Kier alpha value is -2.17. The minimum absolute atomic E-state index is 0.0631. The molecule has 2 aromatic rings. The minimum atomic E-state index is -1.08. The number of aromatic carboxylic acids is 1. The monoisotopic (exact) mass is 234 g/mol. The van der Waals surface area contributed by atoms with E-state index in [1.54, 1.807) is 20.0 Å². The van der Waals surface area contributed by atoms with Gasteiger partial charge in [-0.2, -0.15) is 0 Å². The Balaban J connectivity index is 2.67. The summed E-state index contributed by atoms with van der Waals surface area (Å²) in [6, 6.07) is 5.74. The van der Waals surface area contributed by atoms with Crippen LogP contribution in [0.15, 0.2) is 24.3 Å². The molecule has 0 radical (unpaired) electrons. The van der Waals surface area contributed by atoms with E-state index in [1.807, 2.05) is 0 Å². The van der Waals surface area contributed by atoms with Gasteiger partial charge in [-0.05, 0) is 19.1 Å². The van der Waals surface area contributed by atoms with Crippen molar-refractivity contribution in [2.45, 2.75) is 6.92 Å². The van der Waals surface area contributed by atoms with Crippen LogP contribution in [0.2, 0.25) is 0 Å². The van der Waals surface area contributed by atoms with Crippen LogP contribution in [0.25, 0.3) is 11.3 Å². The van der Waals surface area contributed by atoms with Gasteiger partial charge in [0.25, 0.3) is 0 Å². The summed E-state index contributed by atoms with van der Waals surface area (Å²) in [6.07, 6.45) is 0. The Labute approximate surface area is 97.3 Å². The quantitative estimate of drug-likeness (QED) is 0.866. The van der Waals surface area contributed by atoms with E-state index in [1.165, 1.54) is 22.8 Å². The van der Waals surface area contributed by atoms with Gasteiger partial charge in [-0.25, -0.2) is 14.2 Å². The molecule has 0 spiro atoms. The van der Waals surface area contributed by atoms with Crippen LogP contribution >= 0.6 is 0 Å². The number of aromatic nitrogens is 2. The fourth-order valence-corrected chi connectivity index (χ4v) is 1.69. The summed E-state index contributed by atoms with van der Waals surface area (Å²) in [5.41, 5.74) is 0.816. The van der Waals surface area contributed by atoms with Crippen molar-refractivity contribution >= 4 is 5.97 Å². The lowest BCUT2D eigenvalue weighted by Gasteiger charge is -2.01. The highest BCUT2D eigenvalue weighted by atomic mass is 19.1. The largest absolute Gasteiger partial charge is 0.477 e. The van der Waals surface area contributed by atoms with E-state index >= 15 is 0 Å². The summed E-state index contributed by atoms with van der Waals surface area (Å²) >= 11 is 0. The maximum absolute atomic E-state index is 13.1. The molecule has 5 heteroatoms. The van der Waals surface area contributed by atoms with Crippen molar-refractivity contribution in [2.75, 3.05) is 0 Å². The molecule has 0 amide bonds. The van der Waals surface area contributed by atoms with E-state index < -0.39 is 11.8 Å². The number of imidazole rings is 1. The average molecular weight is 234 g/mol. The molecule has 0 saturated heterocycles. The van der Waals surface area contributed by atoms with Crippen molar-refractivity contribution in [3.8, 4) is 11.3 Å². The Morgan fingerprint density at radius 2 is 2.18 bits per heavy atom. The Bertz CT molecular complexity index is 590. The van der Waals surface area contributed by atoms with Crippen LogP contribution in [0.5, 0.6) is 0 Å². The highest BCUT2D eigenvalue weighted by Crippen LogP contribution is 2.24. The Kier molecular flexibility index (Phi) is 2.67. The van der Waals surface area contributed by atoms with E-state index in [2.05, 4.69) is 4.98 Å². The van der Waals surface area contributed by atoms with Gasteiger partial charge in [0.2, 0.25) is 0 Å². The SMILES string of the molecule is Cc1nc(-c2cccc(F)c2)c(C(=O)O)n1C. The maximum atomic E-state index is 13.1. The first-order valence-electron chi connectivity index (χ1n) is 5.03. The topological polar surface area (TPSA) is 55.1 Å². The van der Waals surface area contributed by atoms with E-state index in [0.717, 1.165) is 0 Å². The molecule has 0 aliphatic heterocycles. The molecule has 0 saturated carbocycles. The first-order valence-corrected chi connectivity index (χ1v) is 5.03. The van der Waals surface area contributed by atoms with Crippen LogP contribution in [-0.4, -0.2) is 20.6 Å². The third-order valence-electron chi connectivity index (χ3n) is 2.62. The first-order chi connectivity index (χ1) is 8.00. The fraction of sp³-hybridized carbons (Fsp3) is 0.167. The van der Waals surface area contributed by atoms with Gasteiger partial charge in [0.1, 0.15) is 17.3 Å². The van der Waals surface area contributed by atoms with E-state index in [4.69, 9.17) is 5.11 Å². The van der Waals surface area contributed by atoms with E-state index in [0.29, 0.717) is 11.4 Å². The van der Waals surface area contributed by atoms with Crippen LogP contribution in [-0.2, 0) is 7.05 Å². The second-order valence-corrected chi connectivity index (χ2v) is 3.73. The van der Waals surface area contributed by atoms with E-state index in [-0.39, 0.29) is 11.4 Å². The zero-order valence-electron chi connectivity index (χ0n) is 9.44. The molecule has 0 bridgehead atoms. The van der Waals surface area contributed by atoms with Crippen molar-refractivity contribution in [3.63, 3.8) is 0 Å². The van der Waals surface area contributed by atoms with Crippen LogP contribution in [0.4, 0.5) is 4.39 Å². The molecule has 1 aromatic heterocycles. The van der Waals surface area contributed by atoms with Gasteiger partial charge in [0.15, 0.2) is 5.69 Å². The Morgan fingerprint density at radius 1 is 1.47 bits per heavy atom. The van der Waals surface area contributed by atoms with Gasteiger partial charge in [0, 0.05) is 12.6 Å². The number of carboxylic acid groups (broad SMARTS) is 1. The number of halogens is 1. The third-order valence-corrected chi connectivity index (χ3v) is 2.62. The smallest absolute Gasteiger partial charge is 0.354 e. The van der Waals surface area contributed by atoms with Crippen LogP contribution < -0.4 is 0 Å². The predicted molar refractivity (Wildman–Crippen MR) is 60.3 cm³/mol. The molecule has 17 heavy (non-hydrogen) atoms. The lowest BCUT2D eigenvalue weighted by Crippen LogP contribution is -2.06. The average Bonchev–Trinajstić information content (AvgIpc) is 2.55. The molecule has 4 nitrogen and oxygen atoms in total. The van der Waals surface area contributed by atoms with Gasteiger partial charge in [-0.1, -0.05) is 12.1 Å². The Morgan fingerprint density at radius 3 is 2.76 bits per heavy atom. The third kappa shape index (κ3) is 1.91. The minimum Gasteiger partial charge on any atom is -0.477 e. The summed E-state index contributed by atoms with van der Waals surface area (Å²) in [4.78, 5) is 15.3. The highest BCUT2D eigenvalue weighted by Gasteiger charge is 2.20. The van der Waals surface area contributed by atoms with Crippen molar-refractivity contribution in [1.29, 1.82) is 0 Å². The zero-order valence-corrected chi connectivity index (χ0v) is 9.44.